The van der Waals surface area contributed by atoms with Crippen molar-refractivity contribution in [2.24, 2.45) is 5.92 Å². The third kappa shape index (κ3) is 10.9. The summed E-state index contributed by atoms with van der Waals surface area (Å²) in [5.41, 5.74) is 0. The molecule has 30 heavy (non-hydrogen) atoms. The summed E-state index contributed by atoms with van der Waals surface area (Å²) in [6.07, 6.45) is 12.4. The summed E-state index contributed by atoms with van der Waals surface area (Å²) in [7, 11) is 0. The summed E-state index contributed by atoms with van der Waals surface area (Å²) in [4.78, 5) is 0. The minimum Gasteiger partial charge on any atom is -0.375 e. The van der Waals surface area contributed by atoms with E-state index in [4.69, 9.17) is 23.7 Å². The van der Waals surface area contributed by atoms with Crippen molar-refractivity contribution in [3.8, 4) is 0 Å². The van der Waals surface area contributed by atoms with Gasteiger partial charge in [-0.05, 0) is 32.1 Å². The van der Waals surface area contributed by atoms with Crippen molar-refractivity contribution >= 4 is 0 Å². The second-order valence-corrected chi connectivity index (χ2v) is 8.57. The molecule has 1 aliphatic rings. The van der Waals surface area contributed by atoms with Gasteiger partial charge in [0.1, 0.15) is 6.10 Å². The highest BCUT2D eigenvalue weighted by Crippen LogP contribution is 2.36. The first kappa shape index (κ1) is 27.8. The summed E-state index contributed by atoms with van der Waals surface area (Å²) < 4.78 is 31.1. The molecule has 1 aliphatic heterocycles. The molecule has 5 heteroatoms. The van der Waals surface area contributed by atoms with Crippen LogP contribution in [-0.4, -0.2) is 51.2 Å². The molecule has 1 saturated heterocycles. The highest BCUT2D eigenvalue weighted by atomic mass is 16.9. The van der Waals surface area contributed by atoms with Crippen LogP contribution in [0, 0.1) is 5.92 Å². The van der Waals surface area contributed by atoms with Gasteiger partial charge in [-0.3, -0.25) is 0 Å². The fourth-order valence-corrected chi connectivity index (χ4v) is 3.83. The molecule has 0 saturated carbocycles. The molecule has 0 amide bonds. The Morgan fingerprint density at radius 2 is 1.30 bits per heavy atom. The van der Waals surface area contributed by atoms with Crippen LogP contribution in [0.25, 0.3) is 0 Å². The largest absolute Gasteiger partial charge is 0.375 e. The number of hydrogen-bond acceptors (Lipinski definition) is 5. The lowest BCUT2D eigenvalue weighted by Crippen LogP contribution is -2.52. The van der Waals surface area contributed by atoms with Crippen LogP contribution in [0.5, 0.6) is 0 Å². The highest BCUT2D eigenvalue weighted by molar-refractivity contribution is 4.82. The molecule has 0 aromatic heterocycles. The molecule has 3 unspecified atom stereocenters. The standard InChI is InChI=1S/C25H50O5/c1-6-11-12-13-14-16-24(27-21-22-20-26-22)23(15-7-2)25(28-17-8-3,29-18-9-4)30-19-10-5/h22-24H,6-21H2,1-5H3. The molecular formula is C25H50O5. The van der Waals surface area contributed by atoms with Gasteiger partial charge in [0.25, 0.3) is 5.97 Å². The van der Waals surface area contributed by atoms with E-state index in [1.54, 1.807) is 0 Å². The lowest BCUT2D eigenvalue weighted by molar-refractivity contribution is -0.415. The molecule has 0 aromatic rings. The molecule has 0 N–H and O–H groups in total. The summed E-state index contributed by atoms with van der Waals surface area (Å²) in [5, 5.41) is 0. The van der Waals surface area contributed by atoms with E-state index in [2.05, 4.69) is 34.6 Å². The molecule has 3 atom stereocenters. The first-order valence-corrected chi connectivity index (χ1v) is 12.8. The average molecular weight is 431 g/mol. The molecule has 1 rings (SSSR count). The van der Waals surface area contributed by atoms with Gasteiger partial charge in [-0.2, -0.15) is 0 Å². The van der Waals surface area contributed by atoms with Gasteiger partial charge in [0.2, 0.25) is 0 Å². The van der Waals surface area contributed by atoms with Crippen LogP contribution >= 0.6 is 0 Å². The normalized spacial score (nSPS) is 18.5. The molecule has 1 fully saturated rings. The molecule has 0 aliphatic carbocycles. The van der Waals surface area contributed by atoms with Crippen molar-refractivity contribution in [3.05, 3.63) is 0 Å². The molecule has 0 spiro atoms. The van der Waals surface area contributed by atoms with Crippen molar-refractivity contribution in [1.29, 1.82) is 0 Å². The monoisotopic (exact) mass is 430 g/mol. The molecule has 0 aromatic carbocycles. The minimum atomic E-state index is -1.02. The van der Waals surface area contributed by atoms with Gasteiger partial charge < -0.3 is 23.7 Å². The van der Waals surface area contributed by atoms with Crippen LogP contribution in [0.15, 0.2) is 0 Å². The zero-order valence-corrected chi connectivity index (χ0v) is 20.6. The SMILES string of the molecule is CCCCCCCC(OCC1CO1)C(CCC)C(OCCC)(OCCC)OCCC. The first-order valence-electron chi connectivity index (χ1n) is 12.8. The number of epoxide rings is 1. The van der Waals surface area contributed by atoms with Crippen LogP contribution in [-0.2, 0) is 23.7 Å². The fraction of sp³-hybridized carbons (Fsp3) is 1.00. The van der Waals surface area contributed by atoms with Crippen LogP contribution in [0.3, 0.4) is 0 Å². The van der Waals surface area contributed by atoms with Crippen LogP contribution in [0.2, 0.25) is 0 Å². The van der Waals surface area contributed by atoms with Gasteiger partial charge >= 0.3 is 0 Å². The van der Waals surface area contributed by atoms with Gasteiger partial charge in [0.05, 0.1) is 45.1 Å². The maximum absolute atomic E-state index is 6.47. The van der Waals surface area contributed by atoms with Gasteiger partial charge in [-0.15, -0.1) is 0 Å². The number of ether oxygens (including phenoxy) is 5. The van der Waals surface area contributed by atoms with E-state index in [1.165, 1.54) is 32.1 Å². The third-order valence-corrected chi connectivity index (χ3v) is 5.52. The van der Waals surface area contributed by atoms with Gasteiger partial charge in [0, 0.05) is 0 Å². The van der Waals surface area contributed by atoms with Crippen LogP contribution in [0.1, 0.15) is 105 Å². The van der Waals surface area contributed by atoms with Gasteiger partial charge in [0.15, 0.2) is 0 Å². The highest BCUT2D eigenvalue weighted by Gasteiger charge is 2.47. The maximum Gasteiger partial charge on any atom is 0.288 e. The number of unbranched alkanes of at least 4 members (excludes halogenated alkanes) is 4. The lowest BCUT2D eigenvalue weighted by Gasteiger charge is -2.43. The molecule has 180 valence electrons. The van der Waals surface area contributed by atoms with E-state index < -0.39 is 5.97 Å². The Balaban J connectivity index is 3.01. The van der Waals surface area contributed by atoms with E-state index in [9.17, 15) is 0 Å². The van der Waals surface area contributed by atoms with Crippen LogP contribution in [0.4, 0.5) is 0 Å². The lowest BCUT2D eigenvalue weighted by atomic mass is 9.89. The zero-order valence-electron chi connectivity index (χ0n) is 20.6. The van der Waals surface area contributed by atoms with Crippen molar-refractivity contribution < 1.29 is 23.7 Å². The fourth-order valence-electron chi connectivity index (χ4n) is 3.83. The molecular weight excluding hydrogens is 380 g/mol. The predicted octanol–water partition coefficient (Wildman–Crippen LogP) is 6.48. The Hall–Kier alpha value is -0.200. The summed E-state index contributed by atoms with van der Waals surface area (Å²) >= 11 is 0. The quantitative estimate of drug-likeness (QED) is 0.112. The second-order valence-electron chi connectivity index (χ2n) is 8.57. The molecule has 1 heterocycles. The van der Waals surface area contributed by atoms with Crippen molar-refractivity contribution in [1.82, 2.24) is 0 Å². The molecule has 0 bridgehead atoms. The van der Waals surface area contributed by atoms with E-state index in [0.717, 1.165) is 45.1 Å². The second kappa shape index (κ2) is 17.4. The van der Waals surface area contributed by atoms with Gasteiger partial charge in [-0.25, -0.2) is 0 Å². The Kier molecular flexibility index (Phi) is 16.1. The Morgan fingerprint density at radius 3 is 1.77 bits per heavy atom. The smallest absolute Gasteiger partial charge is 0.288 e. The van der Waals surface area contributed by atoms with Crippen molar-refractivity contribution in [2.75, 3.05) is 33.0 Å². The van der Waals surface area contributed by atoms with E-state index >= 15 is 0 Å². The average Bonchev–Trinajstić information content (AvgIpc) is 3.59. The third-order valence-electron chi connectivity index (χ3n) is 5.52. The Bertz CT molecular complexity index is 364. The zero-order chi connectivity index (χ0) is 22.1. The molecule has 5 nitrogen and oxygen atoms in total. The summed E-state index contributed by atoms with van der Waals surface area (Å²) in [6, 6.07) is 0. The summed E-state index contributed by atoms with van der Waals surface area (Å²) in [5.74, 6) is -0.964. The van der Waals surface area contributed by atoms with E-state index in [1.807, 2.05) is 0 Å². The van der Waals surface area contributed by atoms with Crippen molar-refractivity contribution in [3.63, 3.8) is 0 Å². The van der Waals surface area contributed by atoms with Crippen molar-refractivity contribution in [2.45, 2.75) is 123 Å². The maximum atomic E-state index is 6.47. The topological polar surface area (TPSA) is 49.5 Å². The van der Waals surface area contributed by atoms with E-state index in [-0.39, 0.29) is 18.1 Å². The number of hydrogen-bond donors (Lipinski definition) is 0. The Labute approximate surface area is 186 Å². The minimum absolute atomic E-state index is 0.0528. The predicted molar refractivity (Wildman–Crippen MR) is 123 cm³/mol. The first-order chi connectivity index (χ1) is 14.7. The van der Waals surface area contributed by atoms with Crippen LogP contribution < -0.4 is 0 Å². The summed E-state index contributed by atoms with van der Waals surface area (Å²) in [6.45, 7) is 14.2. The van der Waals surface area contributed by atoms with E-state index in [0.29, 0.717) is 26.4 Å². The van der Waals surface area contributed by atoms with Gasteiger partial charge in [-0.1, -0.05) is 73.1 Å². The number of rotatable bonds is 22. The Morgan fingerprint density at radius 1 is 0.733 bits per heavy atom. The molecule has 0 radical (unpaired) electrons.